The molecule has 0 N–H and O–H groups in total. The van der Waals surface area contributed by atoms with E-state index >= 15 is 0 Å². The van der Waals surface area contributed by atoms with Gasteiger partial charge in [0.2, 0.25) is 5.91 Å². The molecule has 19 heavy (non-hydrogen) atoms. The van der Waals surface area contributed by atoms with Crippen LogP contribution in [-0.4, -0.2) is 52.2 Å². The number of carbonyl (C=O) groups is 1. The van der Waals surface area contributed by atoms with Crippen molar-refractivity contribution < 1.29 is 4.79 Å². The number of hydrogen-bond donors (Lipinski definition) is 0. The van der Waals surface area contributed by atoms with Crippen LogP contribution in [-0.2, 0) is 18.4 Å². The summed E-state index contributed by atoms with van der Waals surface area (Å²) in [6.07, 6.45) is 0. The number of carbonyl (C=O) groups excluding carboxylic acids is 1. The van der Waals surface area contributed by atoms with E-state index in [-0.39, 0.29) is 5.91 Å². The van der Waals surface area contributed by atoms with Crippen LogP contribution in [0.2, 0.25) is 5.15 Å². The van der Waals surface area contributed by atoms with Crippen molar-refractivity contribution in [2.24, 2.45) is 7.05 Å². The number of halogens is 1. The van der Waals surface area contributed by atoms with Crippen LogP contribution >= 0.6 is 11.6 Å². The summed E-state index contributed by atoms with van der Waals surface area (Å²) in [6, 6.07) is 0. The lowest BCUT2D eigenvalue weighted by Crippen LogP contribution is -2.38. The summed E-state index contributed by atoms with van der Waals surface area (Å²) in [5.41, 5.74) is 1.90. The highest BCUT2D eigenvalue weighted by Gasteiger charge is 2.16. The van der Waals surface area contributed by atoms with Gasteiger partial charge in [-0.25, -0.2) is 0 Å². The fraction of sp³-hybridized carbons (Fsp3) is 0.692. The zero-order valence-corrected chi connectivity index (χ0v) is 13.2. The van der Waals surface area contributed by atoms with E-state index in [9.17, 15) is 4.79 Å². The van der Waals surface area contributed by atoms with Gasteiger partial charge in [0.25, 0.3) is 0 Å². The Bertz CT molecular complexity index is 440. The number of hydrogen-bond acceptors (Lipinski definition) is 3. The maximum absolute atomic E-state index is 12.0. The maximum atomic E-state index is 12.0. The van der Waals surface area contributed by atoms with Gasteiger partial charge in [0.05, 0.1) is 12.2 Å². The summed E-state index contributed by atoms with van der Waals surface area (Å²) in [6.45, 7) is 8.43. The zero-order chi connectivity index (χ0) is 14.6. The molecule has 0 aliphatic carbocycles. The van der Waals surface area contributed by atoms with Crippen LogP contribution in [0.1, 0.15) is 25.1 Å². The molecule has 1 heterocycles. The van der Waals surface area contributed by atoms with Gasteiger partial charge in [-0.1, -0.05) is 11.6 Å². The van der Waals surface area contributed by atoms with Crippen molar-refractivity contribution in [3.05, 3.63) is 16.4 Å². The van der Waals surface area contributed by atoms with E-state index in [1.54, 1.807) is 4.68 Å². The first-order valence-corrected chi connectivity index (χ1v) is 6.92. The lowest BCUT2D eigenvalue weighted by molar-refractivity contribution is -0.131. The molecule has 0 saturated heterocycles. The maximum Gasteiger partial charge on any atom is 0.236 e. The van der Waals surface area contributed by atoms with Crippen molar-refractivity contribution in [1.82, 2.24) is 19.6 Å². The number of aromatic nitrogens is 2. The van der Waals surface area contributed by atoms with E-state index in [4.69, 9.17) is 11.6 Å². The lowest BCUT2D eigenvalue weighted by Gasteiger charge is -2.23. The first kappa shape index (κ1) is 16.0. The second kappa shape index (κ2) is 6.91. The second-order valence-corrected chi connectivity index (χ2v) is 5.07. The van der Waals surface area contributed by atoms with E-state index in [0.29, 0.717) is 18.2 Å². The third kappa shape index (κ3) is 3.94. The summed E-state index contributed by atoms with van der Waals surface area (Å²) in [5.74, 6) is 0.144. The average Bonchev–Trinajstić information content (AvgIpc) is 2.57. The van der Waals surface area contributed by atoms with Crippen LogP contribution in [0.15, 0.2) is 0 Å². The molecule has 0 saturated carbocycles. The van der Waals surface area contributed by atoms with Gasteiger partial charge in [0, 0.05) is 32.2 Å². The Hall–Kier alpha value is -1.07. The molecule has 0 aliphatic rings. The fourth-order valence-electron chi connectivity index (χ4n) is 2.09. The van der Waals surface area contributed by atoms with Crippen molar-refractivity contribution >= 4 is 17.5 Å². The van der Waals surface area contributed by atoms with E-state index in [1.165, 1.54) is 0 Å². The molecule has 0 aromatic carbocycles. The highest BCUT2D eigenvalue weighted by atomic mass is 35.5. The topological polar surface area (TPSA) is 41.4 Å². The molecule has 1 amide bonds. The SMILES string of the molecule is CCN(CC)C(=O)CN(C)Cc1c(C)nn(C)c1Cl. The van der Waals surface area contributed by atoms with Gasteiger partial charge in [-0.2, -0.15) is 5.10 Å². The van der Waals surface area contributed by atoms with Crippen molar-refractivity contribution in [3.8, 4) is 0 Å². The number of amides is 1. The summed E-state index contributed by atoms with van der Waals surface area (Å²) >= 11 is 6.19. The predicted molar refractivity (Wildman–Crippen MR) is 77.2 cm³/mol. The Morgan fingerprint density at radius 1 is 1.37 bits per heavy atom. The van der Waals surface area contributed by atoms with E-state index in [2.05, 4.69) is 5.10 Å². The summed E-state index contributed by atoms with van der Waals surface area (Å²) < 4.78 is 1.66. The molecule has 1 aromatic heterocycles. The minimum Gasteiger partial charge on any atom is -0.342 e. The molecule has 0 spiro atoms. The summed E-state index contributed by atoms with van der Waals surface area (Å²) in [5, 5.41) is 4.91. The average molecular weight is 287 g/mol. The van der Waals surface area contributed by atoms with Gasteiger partial charge in [-0.3, -0.25) is 14.4 Å². The fourth-order valence-corrected chi connectivity index (χ4v) is 2.32. The molecule has 0 fully saturated rings. The van der Waals surface area contributed by atoms with Gasteiger partial charge >= 0.3 is 0 Å². The molecular weight excluding hydrogens is 264 g/mol. The summed E-state index contributed by atoms with van der Waals surface area (Å²) in [4.78, 5) is 15.8. The molecule has 6 heteroatoms. The van der Waals surface area contributed by atoms with Crippen LogP contribution in [0.5, 0.6) is 0 Å². The minimum absolute atomic E-state index is 0.144. The van der Waals surface area contributed by atoms with Crippen molar-refractivity contribution in [3.63, 3.8) is 0 Å². The highest BCUT2D eigenvalue weighted by molar-refractivity contribution is 6.30. The third-order valence-electron chi connectivity index (χ3n) is 3.22. The summed E-state index contributed by atoms with van der Waals surface area (Å²) in [7, 11) is 3.74. The molecule has 0 unspecified atom stereocenters. The molecule has 0 bridgehead atoms. The Morgan fingerprint density at radius 3 is 2.37 bits per heavy atom. The van der Waals surface area contributed by atoms with E-state index in [0.717, 1.165) is 24.3 Å². The van der Waals surface area contributed by atoms with Crippen LogP contribution in [0.4, 0.5) is 0 Å². The standard InChI is InChI=1S/C13H23ClN4O/c1-6-18(7-2)12(19)9-16(4)8-11-10(3)15-17(5)13(11)14/h6-9H2,1-5H3. The molecule has 5 nitrogen and oxygen atoms in total. The molecule has 1 rings (SSSR count). The smallest absolute Gasteiger partial charge is 0.236 e. The quantitative estimate of drug-likeness (QED) is 0.799. The van der Waals surface area contributed by atoms with Gasteiger partial charge < -0.3 is 4.90 Å². The largest absolute Gasteiger partial charge is 0.342 e. The second-order valence-electron chi connectivity index (χ2n) is 4.72. The zero-order valence-electron chi connectivity index (χ0n) is 12.4. The van der Waals surface area contributed by atoms with Crippen molar-refractivity contribution in [1.29, 1.82) is 0 Å². The van der Waals surface area contributed by atoms with Gasteiger partial charge in [0.1, 0.15) is 5.15 Å². The van der Waals surface area contributed by atoms with Crippen LogP contribution in [0.25, 0.3) is 0 Å². The third-order valence-corrected chi connectivity index (χ3v) is 3.69. The number of nitrogens with zero attached hydrogens (tertiary/aromatic N) is 4. The Balaban J connectivity index is 2.65. The van der Waals surface area contributed by atoms with Crippen molar-refractivity contribution in [2.75, 3.05) is 26.7 Å². The molecule has 0 radical (unpaired) electrons. The van der Waals surface area contributed by atoms with Gasteiger partial charge in [0.15, 0.2) is 0 Å². The van der Waals surface area contributed by atoms with Crippen molar-refractivity contribution in [2.45, 2.75) is 27.3 Å². The number of aryl methyl sites for hydroxylation is 2. The molecule has 0 atom stereocenters. The molecule has 1 aromatic rings. The molecule has 108 valence electrons. The first-order valence-electron chi connectivity index (χ1n) is 6.54. The van der Waals surface area contributed by atoms with E-state index in [1.807, 2.05) is 44.7 Å². The van der Waals surface area contributed by atoms with E-state index < -0.39 is 0 Å². The van der Waals surface area contributed by atoms with Crippen LogP contribution in [0.3, 0.4) is 0 Å². The Labute approximate surface area is 120 Å². The number of rotatable bonds is 6. The van der Waals surface area contributed by atoms with Gasteiger partial charge in [-0.05, 0) is 27.8 Å². The normalized spacial score (nSPS) is 11.1. The first-order chi connectivity index (χ1) is 8.90. The molecular formula is C13H23ClN4O. The number of likely N-dealkylation sites (N-methyl/N-ethyl adjacent to an activating group) is 2. The van der Waals surface area contributed by atoms with Crippen LogP contribution in [0, 0.1) is 6.92 Å². The lowest BCUT2D eigenvalue weighted by atomic mass is 10.2. The van der Waals surface area contributed by atoms with Crippen LogP contribution < -0.4 is 0 Å². The molecule has 0 aliphatic heterocycles. The Kier molecular flexibility index (Phi) is 5.82. The Morgan fingerprint density at radius 2 is 1.95 bits per heavy atom. The monoisotopic (exact) mass is 286 g/mol. The minimum atomic E-state index is 0.144. The predicted octanol–water partition coefficient (Wildman–Crippen LogP) is 1.68. The van der Waals surface area contributed by atoms with Gasteiger partial charge in [-0.15, -0.1) is 0 Å². The highest BCUT2D eigenvalue weighted by Crippen LogP contribution is 2.19.